The second-order valence-corrected chi connectivity index (χ2v) is 19.2. The molecular weight excluding hydrogens is 865 g/mol. The van der Waals surface area contributed by atoms with Crippen LogP contribution < -0.4 is 0 Å². The summed E-state index contributed by atoms with van der Waals surface area (Å²) >= 11 is 0. The lowest BCUT2D eigenvalue weighted by Gasteiger charge is -2.18. The molecule has 6 heteroatoms. The van der Waals surface area contributed by atoms with E-state index in [0.717, 1.165) is 122 Å². The summed E-state index contributed by atoms with van der Waals surface area (Å²) < 4.78 is 16.9. The summed E-state index contributed by atoms with van der Waals surface area (Å²) in [5.74, 6) is -0.919. The molecular formula is C64H108O6. The lowest BCUT2D eigenvalue weighted by atomic mass is 10.1. The van der Waals surface area contributed by atoms with Crippen molar-refractivity contribution in [2.75, 3.05) is 13.2 Å². The summed E-state index contributed by atoms with van der Waals surface area (Å²) in [5.41, 5.74) is 0. The molecule has 0 aliphatic carbocycles. The molecule has 0 aliphatic rings. The van der Waals surface area contributed by atoms with Gasteiger partial charge in [0.2, 0.25) is 0 Å². The van der Waals surface area contributed by atoms with Gasteiger partial charge in [-0.25, -0.2) is 0 Å². The zero-order valence-electron chi connectivity index (χ0n) is 45.8. The highest BCUT2D eigenvalue weighted by Gasteiger charge is 2.19. The third-order valence-corrected chi connectivity index (χ3v) is 12.3. The number of hydrogen-bond acceptors (Lipinski definition) is 6. The van der Waals surface area contributed by atoms with Crippen molar-refractivity contribution in [2.45, 2.75) is 277 Å². The van der Waals surface area contributed by atoms with Crippen LogP contribution in [0.4, 0.5) is 0 Å². The van der Waals surface area contributed by atoms with Gasteiger partial charge in [-0.2, -0.15) is 0 Å². The average Bonchev–Trinajstić information content (AvgIpc) is 3.36. The SMILES string of the molecule is CC/C=C\C/C=C\C/C=C\C/C=C\C/C=C\CCCCCCCC(=O)OCC(COC(=O)CCCCCCC/C=C\CCCCC)OC(=O)CCCCCCCCCCC/C=C\C/C=C\CCCCC. The molecule has 0 N–H and O–H groups in total. The fourth-order valence-electron chi connectivity index (χ4n) is 7.91. The molecule has 0 spiro atoms. The average molecular weight is 974 g/mol. The zero-order valence-corrected chi connectivity index (χ0v) is 45.8. The molecule has 0 aromatic rings. The Bertz CT molecular complexity index is 1400. The Balaban J connectivity index is 4.40. The molecule has 0 rings (SSSR count). The molecule has 1 unspecified atom stereocenters. The molecule has 0 saturated carbocycles. The molecule has 6 nitrogen and oxygen atoms in total. The van der Waals surface area contributed by atoms with Crippen LogP contribution in [0, 0.1) is 0 Å². The minimum Gasteiger partial charge on any atom is -0.462 e. The first-order chi connectivity index (χ1) is 34.5. The topological polar surface area (TPSA) is 78.9 Å². The van der Waals surface area contributed by atoms with Gasteiger partial charge in [0.25, 0.3) is 0 Å². The van der Waals surface area contributed by atoms with E-state index in [-0.39, 0.29) is 31.1 Å². The summed E-state index contributed by atoms with van der Waals surface area (Å²) in [6, 6.07) is 0. The third kappa shape index (κ3) is 55.3. The van der Waals surface area contributed by atoms with E-state index in [1.807, 2.05) is 0 Å². The van der Waals surface area contributed by atoms with Crippen LogP contribution in [0.2, 0.25) is 0 Å². The van der Waals surface area contributed by atoms with Gasteiger partial charge < -0.3 is 14.2 Å². The van der Waals surface area contributed by atoms with Gasteiger partial charge >= 0.3 is 17.9 Å². The largest absolute Gasteiger partial charge is 0.462 e. The van der Waals surface area contributed by atoms with E-state index in [4.69, 9.17) is 14.2 Å². The Morgan fingerprint density at radius 3 is 0.886 bits per heavy atom. The van der Waals surface area contributed by atoms with E-state index in [2.05, 4.69) is 118 Å². The molecule has 0 bridgehead atoms. The third-order valence-electron chi connectivity index (χ3n) is 12.3. The molecule has 0 saturated heterocycles. The normalized spacial score (nSPS) is 12.8. The maximum absolute atomic E-state index is 12.9. The van der Waals surface area contributed by atoms with Crippen molar-refractivity contribution in [3.05, 3.63) is 97.2 Å². The standard InChI is InChI=1S/C64H108O6/c1-4-7-10-13-16-19-22-25-27-29-31-32-34-35-37-39-42-45-48-51-54-57-63(66)69-60-61(59-68-62(65)56-53-50-47-44-41-24-21-18-15-12-9-6-3)70-64(67)58-55-52-49-46-43-40-38-36-33-30-28-26-23-20-17-14-11-8-5-2/h7,10,16-21,25-28,31-32,35,37,61H,4-6,8-9,11-15,22-24,29-30,33-34,36,38-60H2,1-3H3/b10-7-,19-16-,20-17-,21-18-,27-25-,28-26-,32-31-,37-35-. The van der Waals surface area contributed by atoms with Crippen molar-refractivity contribution >= 4 is 17.9 Å². The quantitative estimate of drug-likeness (QED) is 0.0262. The van der Waals surface area contributed by atoms with Crippen LogP contribution >= 0.6 is 0 Å². The highest BCUT2D eigenvalue weighted by Crippen LogP contribution is 2.15. The molecule has 0 radical (unpaired) electrons. The summed E-state index contributed by atoms with van der Waals surface area (Å²) in [4.78, 5) is 38.2. The van der Waals surface area contributed by atoms with Crippen LogP contribution in [0.5, 0.6) is 0 Å². The summed E-state index contributed by atoms with van der Waals surface area (Å²) in [6.45, 7) is 6.46. The van der Waals surface area contributed by atoms with Gasteiger partial charge in [-0.15, -0.1) is 0 Å². The first kappa shape index (κ1) is 66.3. The molecule has 0 aromatic heterocycles. The van der Waals surface area contributed by atoms with Crippen molar-refractivity contribution in [3.63, 3.8) is 0 Å². The van der Waals surface area contributed by atoms with E-state index < -0.39 is 6.10 Å². The smallest absolute Gasteiger partial charge is 0.306 e. The molecule has 400 valence electrons. The zero-order chi connectivity index (χ0) is 50.7. The number of carbonyl (C=O) groups excluding carboxylic acids is 3. The van der Waals surface area contributed by atoms with E-state index in [9.17, 15) is 14.4 Å². The number of ether oxygens (including phenoxy) is 3. The lowest BCUT2D eigenvalue weighted by molar-refractivity contribution is -0.167. The van der Waals surface area contributed by atoms with E-state index in [1.54, 1.807) is 0 Å². The van der Waals surface area contributed by atoms with Crippen LogP contribution in [-0.4, -0.2) is 37.2 Å². The van der Waals surface area contributed by atoms with Gasteiger partial charge in [0.1, 0.15) is 13.2 Å². The van der Waals surface area contributed by atoms with Gasteiger partial charge in [-0.1, -0.05) is 227 Å². The molecule has 70 heavy (non-hydrogen) atoms. The monoisotopic (exact) mass is 973 g/mol. The van der Waals surface area contributed by atoms with Crippen molar-refractivity contribution in [3.8, 4) is 0 Å². The molecule has 0 fully saturated rings. The second kappa shape index (κ2) is 57.9. The number of rotatable bonds is 52. The second-order valence-electron chi connectivity index (χ2n) is 19.2. The van der Waals surface area contributed by atoms with Gasteiger partial charge in [0.05, 0.1) is 0 Å². The fourth-order valence-corrected chi connectivity index (χ4v) is 7.91. The van der Waals surface area contributed by atoms with Crippen molar-refractivity contribution < 1.29 is 28.6 Å². The Morgan fingerprint density at radius 2 is 0.557 bits per heavy atom. The highest BCUT2D eigenvalue weighted by molar-refractivity contribution is 5.71. The predicted molar refractivity (Wildman–Crippen MR) is 302 cm³/mol. The maximum Gasteiger partial charge on any atom is 0.306 e. The number of allylic oxidation sites excluding steroid dienone is 16. The van der Waals surface area contributed by atoms with Gasteiger partial charge in [0.15, 0.2) is 6.10 Å². The van der Waals surface area contributed by atoms with Crippen LogP contribution in [0.1, 0.15) is 271 Å². The minimum atomic E-state index is -0.793. The number of esters is 3. The maximum atomic E-state index is 12.9. The van der Waals surface area contributed by atoms with Crippen molar-refractivity contribution in [2.24, 2.45) is 0 Å². The molecule has 1 atom stereocenters. The number of hydrogen-bond donors (Lipinski definition) is 0. The Labute approximate surface area is 432 Å². The summed E-state index contributed by atoms with van der Waals surface area (Å²) in [5, 5.41) is 0. The minimum absolute atomic E-state index is 0.0901. The Hall–Kier alpha value is -3.67. The summed E-state index contributed by atoms with van der Waals surface area (Å²) in [6.07, 6.45) is 76.8. The van der Waals surface area contributed by atoms with Crippen LogP contribution in [0.3, 0.4) is 0 Å². The van der Waals surface area contributed by atoms with Crippen molar-refractivity contribution in [1.29, 1.82) is 0 Å². The molecule has 0 aromatic carbocycles. The van der Waals surface area contributed by atoms with Gasteiger partial charge in [-0.05, 0) is 122 Å². The molecule has 0 heterocycles. The van der Waals surface area contributed by atoms with E-state index in [0.29, 0.717) is 19.3 Å². The fraction of sp³-hybridized carbons (Fsp3) is 0.703. The number of carbonyl (C=O) groups is 3. The van der Waals surface area contributed by atoms with E-state index >= 15 is 0 Å². The van der Waals surface area contributed by atoms with Crippen LogP contribution in [0.15, 0.2) is 97.2 Å². The number of unbranched alkanes of at least 4 members (excludes halogenated alkanes) is 25. The predicted octanol–water partition coefficient (Wildman–Crippen LogP) is 19.7. The van der Waals surface area contributed by atoms with Gasteiger partial charge in [0, 0.05) is 19.3 Å². The molecule has 0 amide bonds. The lowest BCUT2D eigenvalue weighted by Crippen LogP contribution is -2.30. The molecule has 0 aliphatic heterocycles. The van der Waals surface area contributed by atoms with Gasteiger partial charge in [-0.3, -0.25) is 14.4 Å². The highest BCUT2D eigenvalue weighted by atomic mass is 16.6. The Morgan fingerprint density at radius 1 is 0.300 bits per heavy atom. The van der Waals surface area contributed by atoms with E-state index in [1.165, 1.54) is 109 Å². The van der Waals surface area contributed by atoms with Crippen LogP contribution in [-0.2, 0) is 28.6 Å². The van der Waals surface area contributed by atoms with Crippen molar-refractivity contribution in [1.82, 2.24) is 0 Å². The summed E-state index contributed by atoms with van der Waals surface area (Å²) in [7, 11) is 0. The van der Waals surface area contributed by atoms with Crippen LogP contribution in [0.25, 0.3) is 0 Å². The first-order valence-corrected chi connectivity index (χ1v) is 29.2. The Kier molecular flexibility index (Phi) is 54.9. The first-order valence-electron chi connectivity index (χ1n) is 29.2.